The molecule has 3 rings (SSSR count). The molecule has 0 amide bonds. The number of anilines is 1. The number of nitrogens with one attached hydrogen (secondary N) is 1. The van der Waals surface area contributed by atoms with Crippen LogP contribution >= 0.6 is 0 Å². The van der Waals surface area contributed by atoms with Crippen molar-refractivity contribution in [2.75, 3.05) is 18.9 Å². The smallest absolute Gasteiger partial charge is 0.0375 e. The normalized spacial score (nSPS) is 26.1. The van der Waals surface area contributed by atoms with E-state index in [0.717, 1.165) is 25.0 Å². The van der Waals surface area contributed by atoms with Gasteiger partial charge in [0.05, 0.1) is 0 Å². The molecule has 1 aliphatic heterocycles. The van der Waals surface area contributed by atoms with Gasteiger partial charge in [0.1, 0.15) is 0 Å². The molecule has 1 aromatic rings. The number of benzene rings is 1. The zero-order chi connectivity index (χ0) is 13.9. The second kappa shape index (κ2) is 6.17. The van der Waals surface area contributed by atoms with Crippen molar-refractivity contribution < 1.29 is 0 Å². The minimum absolute atomic E-state index is 0.774. The predicted octanol–water partition coefficient (Wildman–Crippen LogP) is 4.06. The van der Waals surface area contributed by atoms with Gasteiger partial charge in [-0.2, -0.15) is 0 Å². The van der Waals surface area contributed by atoms with E-state index in [-0.39, 0.29) is 0 Å². The summed E-state index contributed by atoms with van der Waals surface area (Å²) in [6.45, 7) is 4.67. The first-order chi connectivity index (χ1) is 9.75. The van der Waals surface area contributed by atoms with Gasteiger partial charge < -0.3 is 5.32 Å². The van der Waals surface area contributed by atoms with Crippen LogP contribution in [0.25, 0.3) is 0 Å². The van der Waals surface area contributed by atoms with Gasteiger partial charge in [-0.25, -0.2) is 0 Å². The summed E-state index contributed by atoms with van der Waals surface area (Å²) >= 11 is 0. The predicted molar refractivity (Wildman–Crippen MR) is 86.1 cm³/mol. The van der Waals surface area contributed by atoms with Gasteiger partial charge in [0.15, 0.2) is 0 Å². The van der Waals surface area contributed by atoms with Crippen molar-refractivity contribution in [3.8, 4) is 0 Å². The van der Waals surface area contributed by atoms with E-state index in [1.807, 2.05) is 0 Å². The number of hydrogen-bond donors (Lipinski definition) is 1. The summed E-state index contributed by atoms with van der Waals surface area (Å²) in [4.78, 5) is 2.61. The summed E-state index contributed by atoms with van der Waals surface area (Å²) in [6.07, 6.45) is 8.14. The Hall–Kier alpha value is -1.02. The maximum Gasteiger partial charge on any atom is 0.0375 e. The molecular formula is C18H28N2. The number of rotatable bonds is 3. The van der Waals surface area contributed by atoms with E-state index in [2.05, 4.69) is 42.4 Å². The first kappa shape index (κ1) is 13.9. The second-order valence-corrected chi connectivity index (χ2v) is 6.72. The molecule has 2 atom stereocenters. The minimum atomic E-state index is 0.774. The van der Waals surface area contributed by atoms with Crippen molar-refractivity contribution in [2.45, 2.75) is 58.0 Å². The van der Waals surface area contributed by atoms with Gasteiger partial charge >= 0.3 is 0 Å². The standard InChI is InChI=1S/C18H28N2/c1-14-7-3-4-11-18(14)20(2)13-15-8-5-10-17-16(15)9-6-12-19-17/h5,8,10,14,18-19H,3-4,6-7,9,11-13H2,1-2H3. The Labute approximate surface area is 123 Å². The molecule has 0 radical (unpaired) electrons. The molecule has 1 fully saturated rings. The SMILES string of the molecule is CC1CCCCC1N(C)Cc1cccc2c1CCCN2. The summed E-state index contributed by atoms with van der Waals surface area (Å²) < 4.78 is 0. The molecular weight excluding hydrogens is 244 g/mol. The third-order valence-electron chi connectivity index (χ3n) is 5.24. The van der Waals surface area contributed by atoms with Gasteiger partial charge in [0, 0.05) is 24.8 Å². The van der Waals surface area contributed by atoms with Crippen LogP contribution in [-0.4, -0.2) is 24.5 Å². The summed E-state index contributed by atoms with van der Waals surface area (Å²) in [5, 5.41) is 3.55. The number of nitrogens with zero attached hydrogens (tertiary/aromatic N) is 1. The number of hydrogen-bond acceptors (Lipinski definition) is 2. The van der Waals surface area contributed by atoms with E-state index >= 15 is 0 Å². The first-order valence-electron chi connectivity index (χ1n) is 8.30. The average molecular weight is 272 g/mol. The Kier molecular flexibility index (Phi) is 4.30. The van der Waals surface area contributed by atoms with Crippen LogP contribution < -0.4 is 5.32 Å². The quantitative estimate of drug-likeness (QED) is 0.893. The van der Waals surface area contributed by atoms with Crippen molar-refractivity contribution in [1.82, 2.24) is 4.90 Å². The monoisotopic (exact) mass is 272 g/mol. The van der Waals surface area contributed by atoms with Crippen molar-refractivity contribution in [3.63, 3.8) is 0 Å². The van der Waals surface area contributed by atoms with E-state index in [1.54, 1.807) is 5.56 Å². The van der Waals surface area contributed by atoms with Gasteiger partial charge in [0.25, 0.3) is 0 Å². The fourth-order valence-electron chi connectivity index (χ4n) is 4.07. The van der Waals surface area contributed by atoms with E-state index in [1.165, 1.54) is 49.8 Å². The highest BCUT2D eigenvalue weighted by atomic mass is 15.1. The molecule has 20 heavy (non-hydrogen) atoms. The molecule has 1 saturated carbocycles. The zero-order valence-corrected chi connectivity index (χ0v) is 13.0. The molecule has 1 aromatic carbocycles. The van der Waals surface area contributed by atoms with Crippen molar-refractivity contribution in [1.29, 1.82) is 0 Å². The van der Waals surface area contributed by atoms with Gasteiger partial charge in [0.2, 0.25) is 0 Å². The maximum absolute atomic E-state index is 3.55. The summed E-state index contributed by atoms with van der Waals surface area (Å²) in [7, 11) is 2.32. The van der Waals surface area contributed by atoms with Crippen LogP contribution in [0, 0.1) is 5.92 Å². The van der Waals surface area contributed by atoms with Crippen molar-refractivity contribution >= 4 is 5.69 Å². The Morgan fingerprint density at radius 3 is 2.90 bits per heavy atom. The van der Waals surface area contributed by atoms with E-state index in [9.17, 15) is 0 Å². The molecule has 0 aromatic heterocycles. The lowest BCUT2D eigenvalue weighted by Gasteiger charge is -2.37. The molecule has 1 N–H and O–H groups in total. The fourth-order valence-corrected chi connectivity index (χ4v) is 4.07. The minimum Gasteiger partial charge on any atom is -0.385 e. The molecule has 0 saturated heterocycles. The molecule has 0 spiro atoms. The summed E-state index contributed by atoms with van der Waals surface area (Å²) in [5.41, 5.74) is 4.47. The van der Waals surface area contributed by atoms with Gasteiger partial charge in [-0.15, -0.1) is 0 Å². The van der Waals surface area contributed by atoms with Crippen LogP contribution in [0.2, 0.25) is 0 Å². The maximum atomic E-state index is 3.55. The second-order valence-electron chi connectivity index (χ2n) is 6.72. The lowest BCUT2D eigenvalue weighted by molar-refractivity contribution is 0.133. The Morgan fingerprint density at radius 2 is 2.05 bits per heavy atom. The van der Waals surface area contributed by atoms with Gasteiger partial charge in [-0.1, -0.05) is 31.9 Å². The third-order valence-corrected chi connectivity index (χ3v) is 5.24. The molecule has 2 heteroatoms. The molecule has 2 aliphatic rings. The average Bonchev–Trinajstić information content (AvgIpc) is 2.48. The summed E-state index contributed by atoms with van der Waals surface area (Å²) in [5.74, 6) is 0.853. The topological polar surface area (TPSA) is 15.3 Å². The Bertz CT molecular complexity index is 455. The highest BCUT2D eigenvalue weighted by molar-refractivity contribution is 5.56. The molecule has 0 bridgehead atoms. The largest absolute Gasteiger partial charge is 0.385 e. The lowest BCUT2D eigenvalue weighted by atomic mass is 9.84. The molecule has 2 nitrogen and oxygen atoms in total. The van der Waals surface area contributed by atoms with Crippen molar-refractivity contribution in [3.05, 3.63) is 29.3 Å². The van der Waals surface area contributed by atoms with Crippen LogP contribution in [0.5, 0.6) is 0 Å². The molecule has 1 heterocycles. The zero-order valence-electron chi connectivity index (χ0n) is 13.0. The fraction of sp³-hybridized carbons (Fsp3) is 0.667. The molecule has 1 aliphatic carbocycles. The van der Waals surface area contributed by atoms with E-state index in [0.29, 0.717) is 0 Å². The van der Waals surface area contributed by atoms with Crippen LogP contribution in [0.3, 0.4) is 0 Å². The van der Waals surface area contributed by atoms with Crippen LogP contribution in [0.4, 0.5) is 5.69 Å². The lowest BCUT2D eigenvalue weighted by Crippen LogP contribution is -2.38. The Morgan fingerprint density at radius 1 is 1.20 bits per heavy atom. The summed E-state index contributed by atoms with van der Waals surface area (Å²) in [6, 6.07) is 7.55. The van der Waals surface area contributed by atoms with Crippen LogP contribution in [0.1, 0.15) is 50.2 Å². The highest BCUT2D eigenvalue weighted by Gasteiger charge is 2.25. The highest BCUT2D eigenvalue weighted by Crippen LogP contribution is 2.30. The van der Waals surface area contributed by atoms with Crippen LogP contribution in [0.15, 0.2) is 18.2 Å². The Balaban J connectivity index is 1.74. The van der Waals surface area contributed by atoms with E-state index < -0.39 is 0 Å². The van der Waals surface area contributed by atoms with Crippen molar-refractivity contribution in [2.24, 2.45) is 5.92 Å². The molecule has 110 valence electrons. The molecule has 2 unspecified atom stereocenters. The van der Waals surface area contributed by atoms with Gasteiger partial charge in [-0.05, 0) is 55.8 Å². The van der Waals surface area contributed by atoms with Crippen LogP contribution in [-0.2, 0) is 13.0 Å². The number of fused-ring (bicyclic) bond motifs is 1. The van der Waals surface area contributed by atoms with Gasteiger partial charge in [-0.3, -0.25) is 4.90 Å². The first-order valence-corrected chi connectivity index (χ1v) is 8.30. The third kappa shape index (κ3) is 2.85. The van der Waals surface area contributed by atoms with E-state index in [4.69, 9.17) is 0 Å².